The number of fused-ring (bicyclic) bond motifs is 1. The van der Waals surface area contributed by atoms with Crippen molar-refractivity contribution in [2.75, 3.05) is 31.6 Å². The van der Waals surface area contributed by atoms with Crippen LogP contribution < -0.4 is 10.6 Å². The van der Waals surface area contributed by atoms with Crippen LogP contribution in [-0.4, -0.2) is 68.9 Å². The van der Waals surface area contributed by atoms with E-state index < -0.39 is 17.4 Å². The van der Waals surface area contributed by atoms with Gasteiger partial charge in [0.1, 0.15) is 5.82 Å². The molecule has 0 aliphatic carbocycles. The number of carbonyl (C=O) groups is 2. The molecule has 3 aromatic rings. The van der Waals surface area contributed by atoms with Crippen LogP contribution >= 0.6 is 0 Å². The third-order valence-electron chi connectivity index (χ3n) is 6.23. The third-order valence-corrected chi connectivity index (χ3v) is 6.23. The molecule has 0 bridgehead atoms. The van der Waals surface area contributed by atoms with Crippen molar-refractivity contribution in [1.29, 1.82) is 0 Å². The molecule has 2 aliphatic rings. The van der Waals surface area contributed by atoms with Gasteiger partial charge in [-0.25, -0.2) is 9.67 Å². The summed E-state index contributed by atoms with van der Waals surface area (Å²) < 4.78 is 1.66. The van der Waals surface area contributed by atoms with Crippen LogP contribution in [0.2, 0.25) is 0 Å². The minimum atomic E-state index is -1.67. The lowest BCUT2D eigenvalue weighted by Gasteiger charge is -2.16. The van der Waals surface area contributed by atoms with E-state index in [0.29, 0.717) is 23.2 Å². The van der Waals surface area contributed by atoms with Crippen molar-refractivity contribution in [3.05, 3.63) is 47.8 Å². The Morgan fingerprint density at radius 1 is 1.21 bits per heavy atom. The second-order valence-electron chi connectivity index (χ2n) is 8.52. The number of benzene rings is 1. The van der Waals surface area contributed by atoms with E-state index in [-0.39, 0.29) is 12.1 Å². The number of nitrogens with two attached hydrogens (primary N) is 1. The van der Waals surface area contributed by atoms with Crippen molar-refractivity contribution < 1.29 is 14.7 Å². The Balaban J connectivity index is 1.57. The number of hydrogen-bond donors (Lipinski definition) is 2. The Labute approximate surface area is 190 Å². The van der Waals surface area contributed by atoms with Gasteiger partial charge in [0, 0.05) is 50.9 Å². The van der Waals surface area contributed by atoms with E-state index in [4.69, 9.17) is 5.73 Å². The van der Waals surface area contributed by atoms with Gasteiger partial charge in [-0.1, -0.05) is 17.9 Å². The second-order valence-corrected chi connectivity index (χ2v) is 8.52. The zero-order valence-corrected chi connectivity index (χ0v) is 18.3. The maximum atomic E-state index is 12.2. The summed E-state index contributed by atoms with van der Waals surface area (Å²) in [6.07, 6.45) is 4.16. The smallest absolute Gasteiger partial charge is 0.269 e. The summed E-state index contributed by atoms with van der Waals surface area (Å²) in [5, 5.41) is 15.6. The molecular formula is C24H24N6O3. The molecule has 9 nitrogen and oxygen atoms in total. The molecule has 0 unspecified atom stereocenters. The van der Waals surface area contributed by atoms with Crippen LogP contribution in [0.3, 0.4) is 0 Å². The molecule has 168 valence electrons. The first-order chi connectivity index (χ1) is 15.9. The zero-order chi connectivity index (χ0) is 23.2. The average Bonchev–Trinajstić information content (AvgIpc) is 3.54. The van der Waals surface area contributed by atoms with Crippen LogP contribution in [0.5, 0.6) is 0 Å². The van der Waals surface area contributed by atoms with Crippen molar-refractivity contribution >= 4 is 28.5 Å². The molecule has 1 atom stereocenters. The summed E-state index contributed by atoms with van der Waals surface area (Å²) in [4.78, 5) is 32.4. The van der Waals surface area contributed by atoms with E-state index in [0.717, 1.165) is 37.3 Å². The Bertz CT molecular complexity index is 1330. The van der Waals surface area contributed by atoms with Gasteiger partial charge in [0.15, 0.2) is 5.69 Å². The summed E-state index contributed by atoms with van der Waals surface area (Å²) in [5.41, 5.74) is 6.07. The molecule has 2 saturated heterocycles. The predicted octanol–water partition coefficient (Wildman–Crippen LogP) is 1.06. The van der Waals surface area contributed by atoms with E-state index in [2.05, 4.69) is 26.8 Å². The van der Waals surface area contributed by atoms with Crippen molar-refractivity contribution in [3.8, 4) is 17.5 Å². The van der Waals surface area contributed by atoms with Gasteiger partial charge in [0.25, 0.3) is 11.8 Å². The van der Waals surface area contributed by atoms with Crippen molar-refractivity contribution in [1.82, 2.24) is 19.7 Å². The lowest BCUT2D eigenvalue weighted by molar-refractivity contribution is -0.137. The number of aromatic nitrogens is 3. The first-order valence-electron chi connectivity index (χ1n) is 10.9. The first kappa shape index (κ1) is 21.0. The molecule has 3 N–H and O–H groups in total. The van der Waals surface area contributed by atoms with E-state index >= 15 is 0 Å². The van der Waals surface area contributed by atoms with E-state index in [1.165, 1.54) is 4.90 Å². The number of likely N-dealkylation sites (N-methyl/N-ethyl adjacent to an activating group) is 1. The molecule has 0 radical (unpaired) electrons. The van der Waals surface area contributed by atoms with Crippen LogP contribution in [-0.2, 0) is 4.79 Å². The molecule has 2 aromatic heterocycles. The van der Waals surface area contributed by atoms with Crippen molar-refractivity contribution in [2.45, 2.75) is 24.9 Å². The molecular weight excluding hydrogens is 420 g/mol. The number of carbonyl (C=O) groups excluding carboxylic acids is 2. The molecule has 2 amide bonds. The monoisotopic (exact) mass is 444 g/mol. The maximum Gasteiger partial charge on any atom is 0.269 e. The molecule has 9 heteroatoms. The van der Waals surface area contributed by atoms with Crippen LogP contribution in [0.15, 0.2) is 36.5 Å². The Kier molecular flexibility index (Phi) is 5.02. The highest BCUT2D eigenvalue weighted by Crippen LogP contribution is 2.27. The van der Waals surface area contributed by atoms with Gasteiger partial charge in [-0.3, -0.25) is 9.59 Å². The highest BCUT2D eigenvalue weighted by Gasteiger charge is 2.42. The van der Waals surface area contributed by atoms with Gasteiger partial charge in [0.2, 0.25) is 5.60 Å². The first-order valence-corrected chi connectivity index (χ1v) is 10.9. The molecule has 1 aromatic carbocycles. The lowest BCUT2D eigenvalue weighted by Crippen LogP contribution is -2.37. The maximum absolute atomic E-state index is 12.2. The number of pyridine rings is 1. The Morgan fingerprint density at radius 3 is 2.70 bits per heavy atom. The fourth-order valence-electron chi connectivity index (χ4n) is 4.36. The lowest BCUT2D eigenvalue weighted by atomic mass is 10.0. The number of likely N-dealkylation sites (tertiary alicyclic amines) is 1. The summed E-state index contributed by atoms with van der Waals surface area (Å²) in [7, 11) is 1.65. The van der Waals surface area contributed by atoms with Crippen LogP contribution in [0.4, 0.5) is 5.82 Å². The Hall–Kier alpha value is -3.90. The topological polar surface area (TPSA) is 118 Å². The fourth-order valence-corrected chi connectivity index (χ4v) is 4.36. The minimum absolute atomic E-state index is 0.149. The molecule has 5 rings (SSSR count). The Morgan fingerprint density at radius 2 is 2.00 bits per heavy atom. The predicted molar refractivity (Wildman–Crippen MR) is 123 cm³/mol. The summed E-state index contributed by atoms with van der Waals surface area (Å²) in [6, 6.07) is 9.18. The molecule has 4 heterocycles. The van der Waals surface area contributed by atoms with Crippen molar-refractivity contribution in [3.63, 3.8) is 0 Å². The van der Waals surface area contributed by atoms with Crippen LogP contribution in [0.25, 0.3) is 16.6 Å². The van der Waals surface area contributed by atoms with Crippen LogP contribution in [0, 0.1) is 11.8 Å². The van der Waals surface area contributed by atoms with Crippen molar-refractivity contribution in [2.24, 2.45) is 5.73 Å². The van der Waals surface area contributed by atoms with Gasteiger partial charge in [-0.2, -0.15) is 5.10 Å². The highest BCUT2D eigenvalue weighted by molar-refractivity contribution is 6.04. The number of rotatable bonds is 3. The van der Waals surface area contributed by atoms with E-state index in [1.54, 1.807) is 30.1 Å². The molecule has 33 heavy (non-hydrogen) atoms. The van der Waals surface area contributed by atoms with Crippen LogP contribution in [0.1, 0.15) is 35.3 Å². The standard InChI is InChI=1S/C24H24N6O3/c1-28-12-9-24(33,23(28)32)8-7-16-5-4-6-17(13-16)30-19-14-20(29-10-2-3-11-29)26-15-18(19)21(27-30)22(25)31/h4-6,13-15,33H,2-3,9-12H2,1H3,(H2,25,31)/t24-/m0/s1. The van der Waals surface area contributed by atoms with Gasteiger partial charge >= 0.3 is 0 Å². The number of primary amides is 1. The molecule has 0 saturated carbocycles. The summed E-state index contributed by atoms with van der Waals surface area (Å²) >= 11 is 0. The summed E-state index contributed by atoms with van der Waals surface area (Å²) in [5.74, 6) is 5.47. The highest BCUT2D eigenvalue weighted by atomic mass is 16.3. The van der Waals surface area contributed by atoms with Gasteiger partial charge in [-0.15, -0.1) is 0 Å². The van der Waals surface area contributed by atoms with Gasteiger partial charge in [-0.05, 0) is 31.0 Å². The third kappa shape index (κ3) is 3.68. The molecule has 2 fully saturated rings. The second kappa shape index (κ2) is 7.90. The number of anilines is 1. The largest absolute Gasteiger partial charge is 0.369 e. The number of amides is 2. The quantitative estimate of drug-likeness (QED) is 0.584. The fraction of sp³-hybridized carbons (Fsp3) is 0.333. The number of hydrogen-bond acceptors (Lipinski definition) is 6. The van der Waals surface area contributed by atoms with E-state index in [1.807, 2.05) is 18.2 Å². The van der Waals surface area contributed by atoms with Gasteiger partial charge < -0.3 is 20.6 Å². The summed E-state index contributed by atoms with van der Waals surface area (Å²) in [6.45, 7) is 2.35. The zero-order valence-electron chi connectivity index (χ0n) is 18.3. The average molecular weight is 444 g/mol. The number of aliphatic hydroxyl groups is 1. The number of nitrogens with zero attached hydrogens (tertiary/aromatic N) is 5. The molecule has 2 aliphatic heterocycles. The van der Waals surface area contributed by atoms with Gasteiger partial charge in [0.05, 0.1) is 16.6 Å². The van der Waals surface area contributed by atoms with E-state index in [9.17, 15) is 14.7 Å². The minimum Gasteiger partial charge on any atom is -0.369 e. The SMILES string of the molecule is CN1CC[C@@](O)(C#Cc2cccc(-n3nc(C(N)=O)c4cnc(N5CCCC5)cc43)c2)C1=O. The normalized spacial score (nSPS) is 20.4. The molecule has 0 spiro atoms.